The number of hydrogen-bond acceptors (Lipinski definition) is 1. The molecule has 0 atom stereocenters. The molecule has 8 heavy (non-hydrogen) atoms. The van der Waals surface area contributed by atoms with E-state index in [-0.39, 0.29) is 0 Å². The van der Waals surface area contributed by atoms with Gasteiger partial charge in [0.15, 0.2) is 10.8 Å². The van der Waals surface area contributed by atoms with Crippen LogP contribution in [-0.4, -0.2) is 4.98 Å². The molecule has 0 amide bonds. The largest absolute Gasteiger partial charge is 0.237 e. The fraction of sp³-hybridized carbons (Fsp3) is 0.200. The second kappa shape index (κ2) is 2.22. The third-order valence-electron chi connectivity index (χ3n) is 0.810. The molecule has 0 saturated carbocycles. The zero-order valence-corrected chi connectivity index (χ0v) is 6.09. The summed E-state index contributed by atoms with van der Waals surface area (Å²) < 4.78 is 2.79. The van der Waals surface area contributed by atoms with E-state index in [2.05, 4.69) is 20.9 Å². The molecule has 0 bridgehead atoms. The van der Waals surface area contributed by atoms with Crippen LogP contribution in [0, 0.1) is 0 Å². The Kier molecular flexibility index (Phi) is 1.58. The van der Waals surface area contributed by atoms with Crippen molar-refractivity contribution >= 4 is 15.9 Å². The lowest BCUT2D eigenvalue weighted by molar-refractivity contribution is -0.672. The molecule has 1 aromatic rings. The summed E-state index contributed by atoms with van der Waals surface area (Å²) in [5.41, 5.74) is 0. The van der Waals surface area contributed by atoms with Crippen molar-refractivity contribution in [3.8, 4) is 0 Å². The van der Waals surface area contributed by atoms with Crippen molar-refractivity contribution in [3.05, 3.63) is 23.2 Å². The number of halogens is 1. The molecule has 0 spiro atoms. The van der Waals surface area contributed by atoms with Gasteiger partial charge in [-0.05, 0) is 15.9 Å². The van der Waals surface area contributed by atoms with Gasteiger partial charge in [0, 0.05) is 0 Å². The molecule has 0 aliphatic rings. The lowest BCUT2D eigenvalue weighted by atomic mass is 10.7. The Balaban J connectivity index is 3.08. The second-order valence-corrected chi connectivity index (χ2v) is 2.36. The third-order valence-corrected chi connectivity index (χ3v) is 1.22. The van der Waals surface area contributed by atoms with E-state index in [4.69, 9.17) is 0 Å². The average Bonchev–Trinajstić information content (AvgIpc) is 1.64. The smallest absolute Gasteiger partial charge is 0.201 e. The van der Waals surface area contributed by atoms with E-state index < -0.39 is 0 Å². The standard InChI is InChI=1S/C5H6BrN2/c1-8-3-2-7-5(6)4-8/h2-4H,1H3/q+1. The maximum absolute atomic E-state index is 3.94. The molecule has 0 saturated heterocycles. The summed E-state index contributed by atoms with van der Waals surface area (Å²) >= 11 is 3.23. The number of nitrogens with zero attached hydrogens (tertiary/aromatic N) is 2. The Morgan fingerprint density at radius 3 is 2.88 bits per heavy atom. The lowest BCUT2D eigenvalue weighted by Gasteiger charge is -1.83. The highest BCUT2D eigenvalue weighted by Crippen LogP contribution is 1.96. The molecule has 0 aromatic carbocycles. The first kappa shape index (κ1) is 5.69. The summed E-state index contributed by atoms with van der Waals surface area (Å²) in [5, 5.41) is 0. The molecular weight excluding hydrogens is 168 g/mol. The van der Waals surface area contributed by atoms with Crippen LogP contribution in [0.1, 0.15) is 0 Å². The minimum Gasteiger partial charge on any atom is -0.237 e. The molecule has 0 unspecified atom stereocenters. The van der Waals surface area contributed by atoms with Crippen LogP contribution in [0.15, 0.2) is 23.2 Å². The zero-order chi connectivity index (χ0) is 5.98. The molecule has 1 heterocycles. The van der Waals surface area contributed by atoms with Crippen molar-refractivity contribution in [1.29, 1.82) is 0 Å². The maximum atomic E-state index is 3.94. The minimum absolute atomic E-state index is 0.863. The molecule has 1 aromatic heterocycles. The first-order valence-corrected chi connectivity index (χ1v) is 3.05. The van der Waals surface area contributed by atoms with E-state index in [9.17, 15) is 0 Å². The average molecular weight is 174 g/mol. The van der Waals surface area contributed by atoms with Gasteiger partial charge in [0.25, 0.3) is 0 Å². The number of rotatable bonds is 0. The van der Waals surface area contributed by atoms with Gasteiger partial charge in [0.1, 0.15) is 7.05 Å². The topological polar surface area (TPSA) is 16.8 Å². The highest BCUT2D eigenvalue weighted by molar-refractivity contribution is 9.10. The van der Waals surface area contributed by atoms with Crippen LogP contribution in [0.4, 0.5) is 0 Å². The highest BCUT2D eigenvalue weighted by atomic mass is 79.9. The molecule has 1 rings (SSSR count). The van der Waals surface area contributed by atoms with Crippen LogP contribution in [0.3, 0.4) is 0 Å². The predicted octanol–water partition coefficient (Wildman–Crippen LogP) is 0.669. The molecule has 0 radical (unpaired) electrons. The summed E-state index contributed by atoms with van der Waals surface area (Å²) in [5.74, 6) is 0. The predicted molar refractivity (Wildman–Crippen MR) is 33.1 cm³/mol. The van der Waals surface area contributed by atoms with Crippen molar-refractivity contribution in [2.45, 2.75) is 0 Å². The quantitative estimate of drug-likeness (QED) is 0.528. The van der Waals surface area contributed by atoms with Crippen LogP contribution in [0.2, 0.25) is 0 Å². The Morgan fingerprint density at radius 1 is 1.75 bits per heavy atom. The van der Waals surface area contributed by atoms with Gasteiger partial charge in [0.05, 0.1) is 6.20 Å². The Bertz CT molecular complexity index is 170. The number of aromatic nitrogens is 2. The molecule has 0 aliphatic heterocycles. The summed E-state index contributed by atoms with van der Waals surface area (Å²) in [6.45, 7) is 0. The van der Waals surface area contributed by atoms with Gasteiger partial charge >= 0.3 is 0 Å². The Hall–Kier alpha value is -0.440. The first-order valence-electron chi connectivity index (χ1n) is 2.26. The molecule has 42 valence electrons. The van der Waals surface area contributed by atoms with Gasteiger partial charge < -0.3 is 0 Å². The van der Waals surface area contributed by atoms with Crippen molar-refractivity contribution in [1.82, 2.24) is 4.98 Å². The summed E-state index contributed by atoms with van der Waals surface area (Å²) in [4.78, 5) is 3.94. The van der Waals surface area contributed by atoms with E-state index in [1.54, 1.807) is 6.20 Å². The molecule has 2 nitrogen and oxygen atoms in total. The Morgan fingerprint density at radius 2 is 2.50 bits per heavy atom. The lowest BCUT2D eigenvalue weighted by Crippen LogP contribution is -2.26. The van der Waals surface area contributed by atoms with E-state index in [1.807, 2.05) is 24.0 Å². The van der Waals surface area contributed by atoms with Gasteiger partial charge in [0.2, 0.25) is 6.20 Å². The fourth-order valence-corrected chi connectivity index (χ4v) is 0.895. The number of hydrogen-bond donors (Lipinski definition) is 0. The third kappa shape index (κ3) is 1.26. The molecule has 0 N–H and O–H groups in total. The van der Waals surface area contributed by atoms with E-state index in [0.29, 0.717) is 0 Å². The van der Waals surface area contributed by atoms with Gasteiger partial charge in [-0.3, -0.25) is 0 Å². The van der Waals surface area contributed by atoms with Crippen molar-refractivity contribution in [2.24, 2.45) is 7.05 Å². The van der Waals surface area contributed by atoms with Crippen LogP contribution < -0.4 is 4.57 Å². The number of aryl methyl sites for hydroxylation is 1. The second-order valence-electron chi connectivity index (χ2n) is 1.54. The molecular formula is C5H6BrN2+. The Labute approximate surface area is 56.3 Å². The SMILES string of the molecule is C[n+]1ccnc(Br)c1. The van der Waals surface area contributed by atoms with Crippen LogP contribution in [0.5, 0.6) is 0 Å². The monoisotopic (exact) mass is 173 g/mol. The summed E-state index contributed by atoms with van der Waals surface area (Å²) in [7, 11) is 1.95. The van der Waals surface area contributed by atoms with Crippen molar-refractivity contribution in [3.63, 3.8) is 0 Å². The van der Waals surface area contributed by atoms with Crippen molar-refractivity contribution < 1.29 is 4.57 Å². The zero-order valence-electron chi connectivity index (χ0n) is 4.50. The molecule has 3 heteroatoms. The molecule has 0 fully saturated rings. The van der Waals surface area contributed by atoms with Crippen LogP contribution in [0.25, 0.3) is 0 Å². The normalized spacial score (nSPS) is 9.25. The van der Waals surface area contributed by atoms with Crippen LogP contribution >= 0.6 is 15.9 Å². The van der Waals surface area contributed by atoms with E-state index >= 15 is 0 Å². The highest BCUT2D eigenvalue weighted by Gasteiger charge is 1.90. The first-order chi connectivity index (χ1) is 3.79. The van der Waals surface area contributed by atoms with Gasteiger partial charge in [-0.2, -0.15) is 0 Å². The minimum atomic E-state index is 0.863. The van der Waals surface area contributed by atoms with Gasteiger partial charge in [-0.15, -0.1) is 0 Å². The molecule has 0 aliphatic carbocycles. The van der Waals surface area contributed by atoms with Crippen molar-refractivity contribution in [2.75, 3.05) is 0 Å². The fourth-order valence-electron chi connectivity index (χ4n) is 0.454. The maximum Gasteiger partial charge on any atom is 0.201 e. The van der Waals surface area contributed by atoms with E-state index in [1.165, 1.54) is 0 Å². The van der Waals surface area contributed by atoms with E-state index in [0.717, 1.165) is 4.60 Å². The summed E-state index contributed by atoms with van der Waals surface area (Å²) in [6.07, 6.45) is 5.51. The van der Waals surface area contributed by atoms with Gasteiger partial charge in [-0.25, -0.2) is 9.55 Å². The summed E-state index contributed by atoms with van der Waals surface area (Å²) in [6, 6.07) is 0. The van der Waals surface area contributed by atoms with Crippen LogP contribution in [-0.2, 0) is 7.05 Å². The van der Waals surface area contributed by atoms with Gasteiger partial charge in [-0.1, -0.05) is 0 Å².